The zero-order valence-corrected chi connectivity index (χ0v) is 20.8. The van der Waals surface area contributed by atoms with Gasteiger partial charge in [0.25, 0.3) is 11.8 Å². The molecule has 0 spiro atoms. The van der Waals surface area contributed by atoms with Crippen molar-refractivity contribution in [1.82, 2.24) is 9.21 Å². The molecule has 4 rings (SSSR count). The number of primary amides is 1. The molecule has 2 aromatic rings. The molecule has 0 unspecified atom stereocenters. The lowest BCUT2D eigenvalue weighted by Crippen LogP contribution is -2.41. The minimum absolute atomic E-state index is 0.0563. The van der Waals surface area contributed by atoms with Crippen LogP contribution in [-0.2, 0) is 27.8 Å². The van der Waals surface area contributed by atoms with Gasteiger partial charge in [-0.05, 0) is 56.0 Å². The largest absolute Gasteiger partial charge is 0.365 e. The van der Waals surface area contributed by atoms with Crippen molar-refractivity contribution in [2.45, 2.75) is 57.0 Å². The monoisotopic (exact) mass is 504 g/mol. The number of sulfonamides is 1. The van der Waals surface area contributed by atoms with Crippen molar-refractivity contribution in [3.05, 3.63) is 45.8 Å². The summed E-state index contributed by atoms with van der Waals surface area (Å²) in [6.45, 7) is 4.74. The highest BCUT2D eigenvalue weighted by atomic mass is 32.2. The van der Waals surface area contributed by atoms with Crippen molar-refractivity contribution >= 4 is 44.1 Å². The van der Waals surface area contributed by atoms with Crippen LogP contribution < -0.4 is 11.1 Å². The molecule has 182 valence electrons. The van der Waals surface area contributed by atoms with E-state index in [1.54, 1.807) is 4.90 Å². The molecule has 2 aliphatic rings. The number of carbonyl (C=O) groups is 3. The molecule has 34 heavy (non-hydrogen) atoms. The van der Waals surface area contributed by atoms with Gasteiger partial charge in [0.2, 0.25) is 15.9 Å². The van der Waals surface area contributed by atoms with Crippen LogP contribution in [0.15, 0.2) is 29.2 Å². The van der Waals surface area contributed by atoms with Crippen LogP contribution in [0, 0.1) is 0 Å². The lowest BCUT2D eigenvalue weighted by molar-refractivity contribution is -0.129. The summed E-state index contributed by atoms with van der Waals surface area (Å²) < 4.78 is 27.6. The van der Waals surface area contributed by atoms with Crippen molar-refractivity contribution in [2.24, 2.45) is 5.73 Å². The van der Waals surface area contributed by atoms with Crippen LogP contribution in [0.3, 0.4) is 0 Å². The number of carbonyl (C=O) groups excluding carboxylic acids is 3. The summed E-state index contributed by atoms with van der Waals surface area (Å²) in [7, 11) is -3.63. The Morgan fingerprint density at radius 1 is 1.12 bits per heavy atom. The number of fused-ring (bicyclic) bond motifs is 1. The number of benzene rings is 1. The van der Waals surface area contributed by atoms with Crippen molar-refractivity contribution in [3.8, 4) is 0 Å². The van der Waals surface area contributed by atoms with Gasteiger partial charge in [-0.3, -0.25) is 14.4 Å². The number of nitrogens with zero attached hydrogens (tertiary/aromatic N) is 2. The summed E-state index contributed by atoms with van der Waals surface area (Å²) in [6.07, 6.45) is 3.16. The van der Waals surface area contributed by atoms with E-state index in [1.165, 1.54) is 46.8 Å². The fraction of sp³-hybridized carbons (Fsp3) is 0.435. The van der Waals surface area contributed by atoms with Gasteiger partial charge in [-0.2, -0.15) is 4.31 Å². The van der Waals surface area contributed by atoms with Crippen LogP contribution >= 0.6 is 11.3 Å². The molecule has 1 aromatic heterocycles. The summed E-state index contributed by atoms with van der Waals surface area (Å²) in [5.41, 5.74) is 6.91. The molecule has 2 aliphatic heterocycles. The van der Waals surface area contributed by atoms with Crippen LogP contribution in [0.5, 0.6) is 0 Å². The first kappa shape index (κ1) is 24.4. The maximum absolute atomic E-state index is 13.0. The number of piperidine rings is 1. The van der Waals surface area contributed by atoms with Gasteiger partial charge in [-0.25, -0.2) is 8.42 Å². The second-order valence-electron chi connectivity index (χ2n) is 8.70. The molecule has 0 aliphatic carbocycles. The van der Waals surface area contributed by atoms with Crippen LogP contribution in [0.2, 0.25) is 0 Å². The average Bonchev–Trinajstić information content (AvgIpc) is 3.16. The first-order valence-electron chi connectivity index (χ1n) is 11.2. The van der Waals surface area contributed by atoms with Gasteiger partial charge in [-0.1, -0.05) is 6.42 Å². The Morgan fingerprint density at radius 2 is 1.82 bits per heavy atom. The predicted molar refractivity (Wildman–Crippen MR) is 129 cm³/mol. The predicted octanol–water partition coefficient (Wildman–Crippen LogP) is 2.57. The maximum atomic E-state index is 13.0. The number of thiophene rings is 1. The minimum Gasteiger partial charge on any atom is -0.365 e. The van der Waals surface area contributed by atoms with E-state index in [0.717, 1.165) is 29.7 Å². The smallest absolute Gasteiger partial charge is 0.256 e. The number of anilines is 1. The number of nitrogens with one attached hydrogen (secondary N) is 1. The van der Waals surface area contributed by atoms with Crippen molar-refractivity contribution < 1.29 is 22.8 Å². The third-order valence-corrected chi connectivity index (χ3v) is 9.60. The van der Waals surface area contributed by atoms with E-state index < -0.39 is 21.8 Å². The first-order chi connectivity index (χ1) is 16.1. The molecule has 0 bridgehead atoms. The highest BCUT2D eigenvalue weighted by Gasteiger charge is 2.31. The average molecular weight is 505 g/mol. The molecule has 11 heteroatoms. The molecule has 3 heterocycles. The fourth-order valence-electron chi connectivity index (χ4n) is 4.54. The summed E-state index contributed by atoms with van der Waals surface area (Å²) in [4.78, 5) is 39.4. The van der Waals surface area contributed by atoms with Crippen LogP contribution in [-0.4, -0.2) is 54.5 Å². The minimum atomic E-state index is -3.63. The highest BCUT2D eigenvalue weighted by Crippen LogP contribution is 2.37. The molecule has 1 fully saturated rings. The van der Waals surface area contributed by atoms with E-state index in [-0.39, 0.29) is 28.0 Å². The quantitative estimate of drug-likeness (QED) is 0.646. The molecular formula is C23H28N4O5S2. The molecule has 1 atom stereocenters. The van der Waals surface area contributed by atoms with E-state index in [0.29, 0.717) is 31.1 Å². The third-order valence-electron chi connectivity index (χ3n) is 6.44. The summed E-state index contributed by atoms with van der Waals surface area (Å²) in [5, 5.41) is 3.09. The lowest BCUT2D eigenvalue weighted by atomic mass is 10.0. The highest BCUT2D eigenvalue weighted by molar-refractivity contribution is 7.89. The standard InChI is InChI=1S/C23H28N4O5S2/c1-14-5-3-4-11-27(14)34(31,32)17-8-6-16(7-9-17)22(30)25-23-20(21(24)29)18-10-12-26(15(2)28)13-19(18)33-23/h6-9,14H,3-5,10-13H2,1-2H3,(H2,24,29)(H,25,30)/t14-/m1/s1. The number of rotatable bonds is 5. The normalized spacial score (nSPS) is 18.9. The van der Waals surface area contributed by atoms with Gasteiger partial charge in [0.15, 0.2) is 0 Å². The molecule has 3 N–H and O–H groups in total. The van der Waals surface area contributed by atoms with Crippen LogP contribution in [0.25, 0.3) is 0 Å². The Balaban J connectivity index is 1.55. The molecule has 0 radical (unpaired) electrons. The van der Waals surface area contributed by atoms with Crippen LogP contribution in [0.1, 0.15) is 64.3 Å². The first-order valence-corrected chi connectivity index (χ1v) is 13.5. The number of nitrogens with two attached hydrogens (primary N) is 1. The zero-order chi connectivity index (χ0) is 24.6. The second kappa shape index (κ2) is 9.47. The Morgan fingerprint density at radius 3 is 2.44 bits per heavy atom. The van der Waals surface area contributed by atoms with E-state index in [9.17, 15) is 22.8 Å². The number of amides is 3. The summed E-state index contributed by atoms with van der Waals surface area (Å²) in [6, 6.07) is 5.74. The van der Waals surface area contributed by atoms with Gasteiger partial charge >= 0.3 is 0 Å². The van der Waals surface area contributed by atoms with Gasteiger partial charge < -0.3 is 16.0 Å². The van der Waals surface area contributed by atoms with E-state index in [4.69, 9.17) is 5.73 Å². The fourth-order valence-corrected chi connectivity index (χ4v) is 7.50. The molecule has 1 saturated heterocycles. The Bertz CT molecular complexity index is 1240. The topological polar surface area (TPSA) is 130 Å². The molecule has 9 nitrogen and oxygen atoms in total. The SMILES string of the molecule is CC(=O)N1CCc2c(sc(NC(=O)c3ccc(S(=O)(=O)N4CCCC[C@H]4C)cc3)c2C(N)=O)C1. The third kappa shape index (κ3) is 4.59. The van der Waals surface area contributed by atoms with E-state index in [1.807, 2.05) is 6.92 Å². The van der Waals surface area contributed by atoms with E-state index in [2.05, 4.69) is 5.32 Å². The molecule has 3 amide bonds. The Labute approximate surface area is 203 Å². The van der Waals surface area contributed by atoms with E-state index >= 15 is 0 Å². The molecule has 0 saturated carbocycles. The van der Waals surface area contributed by atoms with Crippen molar-refractivity contribution in [3.63, 3.8) is 0 Å². The van der Waals surface area contributed by atoms with Gasteiger partial charge in [0.1, 0.15) is 5.00 Å². The zero-order valence-electron chi connectivity index (χ0n) is 19.2. The Kier molecular flexibility index (Phi) is 6.79. The second-order valence-corrected chi connectivity index (χ2v) is 11.7. The molecular weight excluding hydrogens is 476 g/mol. The number of hydrogen-bond acceptors (Lipinski definition) is 6. The summed E-state index contributed by atoms with van der Waals surface area (Å²) in [5.74, 6) is -1.17. The Hall–Kier alpha value is -2.76. The maximum Gasteiger partial charge on any atom is 0.256 e. The lowest BCUT2D eigenvalue weighted by Gasteiger charge is -2.32. The van der Waals surface area contributed by atoms with Gasteiger partial charge in [0.05, 0.1) is 17.0 Å². The summed E-state index contributed by atoms with van der Waals surface area (Å²) >= 11 is 1.23. The van der Waals surface area contributed by atoms with Crippen LogP contribution in [0.4, 0.5) is 5.00 Å². The van der Waals surface area contributed by atoms with Gasteiger partial charge in [0, 0.05) is 36.5 Å². The molecule has 1 aromatic carbocycles. The van der Waals surface area contributed by atoms with Crippen molar-refractivity contribution in [1.29, 1.82) is 0 Å². The van der Waals surface area contributed by atoms with Gasteiger partial charge in [-0.15, -0.1) is 11.3 Å². The van der Waals surface area contributed by atoms with Crippen molar-refractivity contribution in [2.75, 3.05) is 18.4 Å². The number of hydrogen-bond donors (Lipinski definition) is 2.